The summed E-state index contributed by atoms with van der Waals surface area (Å²) in [6, 6.07) is 7.92. The first-order chi connectivity index (χ1) is 13.0. The van der Waals surface area contributed by atoms with Crippen LogP contribution in [0.5, 0.6) is 5.75 Å². The minimum absolute atomic E-state index is 0.103. The molecule has 0 saturated heterocycles. The fourth-order valence-corrected chi connectivity index (χ4v) is 3.35. The number of nitrogens with one attached hydrogen (secondary N) is 1. The Morgan fingerprint density at radius 1 is 1.14 bits per heavy atom. The molecule has 10 heteroatoms. The van der Waals surface area contributed by atoms with Crippen LogP contribution in [0.1, 0.15) is 22.8 Å². The maximum Gasteiger partial charge on any atom is 0.416 e. The molecule has 2 aromatic rings. The summed E-state index contributed by atoms with van der Waals surface area (Å²) in [4.78, 5) is 12.2. The number of anilines is 1. The van der Waals surface area contributed by atoms with Gasteiger partial charge in [0.25, 0.3) is 5.91 Å². The first-order valence-corrected chi connectivity index (χ1v) is 9.58. The molecule has 0 bridgehead atoms. The predicted octanol–water partition coefficient (Wildman–Crippen LogP) is 3.61. The van der Waals surface area contributed by atoms with E-state index in [9.17, 15) is 26.4 Å². The first kappa shape index (κ1) is 21.7. The van der Waals surface area contributed by atoms with Gasteiger partial charge in [-0.25, -0.2) is 12.7 Å². The van der Waals surface area contributed by atoms with Crippen molar-refractivity contribution in [3.05, 3.63) is 53.6 Å². The summed E-state index contributed by atoms with van der Waals surface area (Å²) >= 11 is 0. The van der Waals surface area contributed by atoms with Crippen LogP contribution in [0.3, 0.4) is 0 Å². The Labute approximate surface area is 161 Å². The van der Waals surface area contributed by atoms with Crippen LogP contribution in [0.25, 0.3) is 0 Å². The second-order valence-corrected chi connectivity index (χ2v) is 8.03. The first-order valence-electron chi connectivity index (χ1n) is 8.14. The molecule has 0 radical (unpaired) electrons. The number of carbonyl (C=O) groups excluding carboxylic acids is 1. The number of ether oxygens (including phenoxy) is 1. The van der Waals surface area contributed by atoms with Gasteiger partial charge in [-0.05, 0) is 43.3 Å². The normalized spacial score (nSPS) is 12.1. The lowest BCUT2D eigenvalue weighted by Gasteiger charge is -2.17. The van der Waals surface area contributed by atoms with Crippen molar-refractivity contribution in [2.75, 3.05) is 26.0 Å². The van der Waals surface area contributed by atoms with Gasteiger partial charge in [-0.3, -0.25) is 4.79 Å². The van der Waals surface area contributed by atoms with Crippen LogP contribution in [0, 0.1) is 0 Å². The molecule has 152 valence electrons. The number of hydrogen-bond acceptors (Lipinski definition) is 4. The molecule has 0 aromatic heterocycles. The van der Waals surface area contributed by atoms with Gasteiger partial charge < -0.3 is 10.1 Å². The van der Waals surface area contributed by atoms with Gasteiger partial charge in [0, 0.05) is 25.3 Å². The van der Waals surface area contributed by atoms with E-state index in [4.69, 9.17) is 4.74 Å². The van der Waals surface area contributed by atoms with E-state index >= 15 is 0 Å². The van der Waals surface area contributed by atoms with Crippen molar-refractivity contribution in [2.45, 2.75) is 18.0 Å². The molecule has 0 aliphatic carbocycles. The Kier molecular flexibility index (Phi) is 6.35. The molecule has 2 rings (SSSR count). The summed E-state index contributed by atoms with van der Waals surface area (Å²) in [5, 5.41) is 2.41. The van der Waals surface area contributed by atoms with Crippen LogP contribution in [0.15, 0.2) is 47.4 Å². The smallest absolute Gasteiger partial charge is 0.416 e. The van der Waals surface area contributed by atoms with Crippen LogP contribution in [-0.4, -0.2) is 39.3 Å². The SMILES string of the molecule is CCOc1ccc(NC(=O)c2cccc(C(F)(F)F)c2)cc1S(=O)(=O)N(C)C. The van der Waals surface area contributed by atoms with E-state index in [1.165, 1.54) is 38.4 Å². The molecule has 0 unspecified atom stereocenters. The minimum atomic E-state index is -4.58. The molecule has 6 nitrogen and oxygen atoms in total. The number of alkyl halides is 3. The van der Waals surface area contributed by atoms with Gasteiger partial charge >= 0.3 is 6.18 Å². The molecule has 0 fully saturated rings. The maximum absolute atomic E-state index is 12.8. The van der Waals surface area contributed by atoms with Gasteiger partial charge in [-0.1, -0.05) is 6.07 Å². The van der Waals surface area contributed by atoms with E-state index < -0.39 is 27.7 Å². The summed E-state index contributed by atoms with van der Waals surface area (Å²) in [5.41, 5.74) is -1.06. The number of rotatable bonds is 6. The number of sulfonamides is 1. The zero-order valence-corrected chi connectivity index (χ0v) is 16.2. The summed E-state index contributed by atoms with van der Waals surface area (Å²) < 4.78 is 69.8. The quantitative estimate of drug-likeness (QED) is 0.781. The van der Waals surface area contributed by atoms with E-state index in [0.29, 0.717) is 0 Å². The lowest BCUT2D eigenvalue weighted by molar-refractivity contribution is -0.137. The van der Waals surface area contributed by atoms with Gasteiger partial charge in [0.1, 0.15) is 10.6 Å². The largest absolute Gasteiger partial charge is 0.492 e. The number of hydrogen-bond donors (Lipinski definition) is 1. The molecule has 1 N–H and O–H groups in total. The number of nitrogens with zero attached hydrogens (tertiary/aromatic N) is 1. The zero-order valence-electron chi connectivity index (χ0n) is 15.4. The monoisotopic (exact) mass is 416 g/mol. The summed E-state index contributed by atoms with van der Waals surface area (Å²) in [7, 11) is -1.18. The lowest BCUT2D eigenvalue weighted by atomic mass is 10.1. The molecule has 1 amide bonds. The van der Waals surface area contributed by atoms with Gasteiger partial charge in [-0.2, -0.15) is 13.2 Å². The van der Waals surface area contributed by atoms with Crippen molar-refractivity contribution in [1.82, 2.24) is 4.31 Å². The fraction of sp³-hybridized carbons (Fsp3) is 0.278. The molecule has 28 heavy (non-hydrogen) atoms. The second-order valence-electron chi connectivity index (χ2n) is 5.91. The van der Waals surface area contributed by atoms with E-state index in [1.807, 2.05) is 0 Å². The van der Waals surface area contributed by atoms with E-state index in [2.05, 4.69) is 5.32 Å². The van der Waals surface area contributed by atoms with Crippen molar-refractivity contribution in [1.29, 1.82) is 0 Å². The zero-order chi connectivity index (χ0) is 21.1. The van der Waals surface area contributed by atoms with Crippen molar-refractivity contribution in [2.24, 2.45) is 0 Å². The van der Waals surface area contributed by atoms with Gasteiger partial charge in [0.2, 0.25) is 10.0 Å². The Balaban J connectivity index is 2.38. The van der Waals surface area contributed by atoms with Crippen LogP contribution < -0.4 is 10.1 Å². The average molecular weight is 416 g/mol. The van der Waals surface area contributed by atoms with Crippen molar-refractivity contribution < 1.29 is 31.1 Å². The van der Waals surface area contributed by atoms with Crippen molar-refractivity contribution >= 4 is 21.6 Å². The fourth-order valence-electron chi connectivity index (χ4n) is 2.30. The molecule has 0 aliphatic heterocycles. The third kappa shape index (κ3) is 4.82. The predicted molar refractivity (Wildman–Crippen MR) is 97.9 cm³/mol. The maximum atomic E-state index is 12.8. The number of halogens is 3. The summed E-state index contributed by atoms with van der Waals surface area (Å²) in [5.74, 6) is -0.697. The van der Waals surface area contributed by atoms with E-state index in [0.717, 1.165) is 22.5 Å². The Morgan fingerprint density at radius 2 is 1.82 bits per heavy atom. The number of amides is 1. The number of carbonyl (C=O) groups is 1. The standard InChI is InChI=1S/C18H19F3N2O4S/c1-4-27-15-9-8-14(11-16(15)28(25,26)23(2)3)22-17(24)12-6-5-7-13(10-12)18(19,20)21/h5-11H,4H2,1-3H3,(H,22,24). The van der Waals surface area contributed by atoms with Crippen molar-refractivity contribution in [3.63, 3.8) is 0 Å². The topological polar surface area (TPSA) is 75.7 Å². The highest BCUT2D eigenvalue weighted by Gasteiger charge is 2.31. The third-order valence-electron chi connectivity index (χ3n) is 3.71. The molecule has 0 spiro atoms. The number of benzene rings is 2. The highest BCUT2D eigenvalue weighted by Crippen LogP contribution is 2.31. The Morgan fingerprint density at radius 3 is 2.39 bits per heavy atom. The second kappa shape index (κ2) is 8.19. The summed E-state index contributed by atoms with van der Waals surface area (Å²) in [6.45, 7) is 1.92. The third-order valence-corrected chi connectivity index (χ3v) is 5.55. The Bertz CT molecular complexity index is 973. The average Bonchev–Trinajstić information content (AvgIpc) is 2.62. The van der Waals surface area contributed by atoms with Crippen LogP contribution in [-0.2, 0) is 16.2 Å². The van der Waals surface area contributed by atoms with Crippen LogP contribution in [0.4, 0.5) is 18.9 Å². The Hall–Kier alpha value is -2.59. The molecule has 0 saturated carbocycles. The lowest BCUT2D eigenvalue weighted by Crippen LogP contribution is -2.23. The van der Waals surface area contributed by atoms with E-state index in [-0.39, 0.29) is 28.5 Å². The molecule has 0 aliphatic rings. The summed E-state index contributed by atoms with van der Waals surface area (Å²) in [6.07, 6.45) is -4.58. The van der Waals surface area contributed by atoms with Gasteiger partial charge in [-0.15, -0.1) is 0 Å². The molecular weight excluding hydrogens is 397 g/mol. The molecular formula is C18H19F3N2O4S. The highest BCUT2D eigenvalue weighted by molar-refractivity contribution is 7.89. The van der Waals surface area contributed by atoms with Crippen LogP contribution >= 0.6 is 0 Å². The highest BCUT2D eigenvalue weighted by atomic mass is 32.2. The molecule has 0 atom stereocenters. The molecule has 2 aromatic carbocycles. The van der Waals surface area contributed by atoms with Crippen LogP contribution in [0.2, 0.25) is 0 Å². The van der Waals surface area contributed by atoms with Gasteiger partial charge in [0.15, 0.2) is 0 Å². The van der Waals surface area contributed by atoms with Gasteiger partial charge in [0.05, 0.1) is 12.2 Å². The molecule has 0 heterocycles. The van der Waals surface area contributed by atoms with E-state index in [1.54, 1.807) is 6.92 Å². The minimum Gasteiger partial charge on any atom is -0.492 e. The van der Waals surface area contributed by atoms with Crippen molar-refractivity contribution in [3.8, 4) is 5.75 Å².